The molecule has 2 atom stereocenters. The number of hydrogen-bond acceptors (Lipinski definition) is 2. The third-order valence-corrected chi connectivity index (χ3v) is 2.32. The summed E-state index contributed by atoms with van der Waals surface area (Å²) in [6.07, 6.45) is -0.616. The molecule has 1 aliphatic heterocycles. The van der Waals surface area contributed by atoms with E-state index in [2.05, 4.69) is 0 Å². The lowest BCUT2D eigenvalue weighted by Crippen LogP contribution is -2.36. The van der Waals surface area contributed by atoms with Crippen LogP contribution in [0.1, 0.15) is 13.3 Å². The van der Waals surface area contributed by atoms with E-state index in [1.54, 1.807) is 6.92 Å². The molecule has 0 aliphatic carbocycles. The van der Waals surface area contributed by atoms with Crippen LogP contribution in [0, 0.1) is 5.92 Å². The molecule has 1 rings (SSSR count). The van der Waals surface area contributed by atoms with Crippen molar-refractivity contribution in [3.63, 3.8) is 0 Å². The van der Waals surface area contributed by atoms with E-state index in [1.165, 1.54) is 4.90 Å². The number of carbonyl (C=O) groups is 2. The van der Waals surface area contributed by atoms with Crippen LogP contribution in [0.5, 0.6) is 0 Å². The molecule has 1 saturated heterocycles. The summed E-state index contributed by atoms with van der Waals surface area (Å²) >= 11 is 0. The summed E-state index contributed by atoms with van der Waals surface area (Å²) in [4.78, 5) is 22.2. The lowest BCUT2D eigenvalue weighted by Gasteiger charge is -2.19. The van der Waals surface area contributed by atoms with Crippen molar-refractivity contribution in [2.24, 2.45) is 5.92 Å². The van der Waals surface area contributed by atoms with E-state index >= 15 is 0 Å². The highest BCUT2D eigenvalue weighted by Crippen LogP contribution is 2.23. The minimum absolute atomic E-state index is 0.327. The first-order valence-electron chi connectivity index (χ1n) is 3.76. The van der Waals surface area contributed by atoms with Crippen molar-refractivity contribution in [1.82, 2.24) is 4.90 Å². The van der Waals surface area contributed by atoms with Crippen LogP contribution in [0.4, 0.5) is 4.79 Å². The maximum absolute atomic E-state index is 10.6. The average molecular weight is 173 g/mol. The van der Waals surface area contributed by atoms with Gasteiger partial charge in [-0.2, -0.15) is 0 Å². The average Bonchev–Trinajstić information content (AvgIpc) is 2.30. The zero-order valence-corrected chi connectivity index (χ0v) is 6.73. The summed E-state index contributed by atoms with van der Waals surface area (Å²) in [7, 11) is 0. The van der Waals surface area contributed by atoms with Gasteiger partial charge in [0.25, 0.3) is 0 Å². The molecule has 5 heteroatoms. The summed E-state index contributed by atoms with van der Waals surface area (Å²) in [6, 6.07) is -0.403. The maximum Gasteiger partial charge on any atom is 0.407 e. The molecule has 1 fully saturated rings. The van der Waals surface area contributed by atoms with Gasteiger partial charge in [0.2, 0.25) is 0 Å². The Morgan fingerprint density at radius 2 is 2.00 bits per heavy atom. The third-order valence-electron chi connectivity index (χ3n) is 2.32. The fourth-order valence-electron chi connectivity index (χ4n) is 1.54. The van der Waals surface area contributed by atoms with Gasteiger partial charge in [0, 0.05) is 12.6 Å². The van der Waals surface area contributed by atoms with Gasteiger partial charge in [-0.1, -0.05) is 0 Å². The van der Waals surface area contributed by atoms with Crippen molar-refractivity contribution < 1.29 is 19.8 Å². The SMILES string of the molecule is C[C@@H]1[C@@H](C(=O)O)CCN1C(=O)O. The predicted octanol–water partition coefficient (Wildman–Crippen LogP) is 0.459. The Labute approximate surface area is 69.6 Å². The number of likely N-dealkylation sites (tertiary alicyclic amines) is 1. The van der Waals surface area contributed by atoms with Crippen LogP contribution < -0.4 is 0 Å². The Morgan fingerprint density at radius 3 is 2.25 bits per heavy atom. The van der Waals surface area contributed by atoms with E-state index in [9.17, 15) is 9.59 Å². The number of aliphatic carboxylic acids is 1. The highest BCUT2D eigenvalue weighted by atomic mass is 16.4. The maximum atomic E-state index is 10.6. The van der Waals surface area contributed by atoms with Crippen LogP contribution in [0.15, 0.2) is 0 Å². The van der Waals surface area contributed by atoms with Crippen molar-refractivity contribution in [1.29, 1.82) is 0 Å². The molecular weight excluding hydrogens is 162 g/mol. The second kappa shape index (κ2) is 3.00. The Kier molecular flexibility index (Phi) is 2.21. The van der Waals surface area contributed by atoms with E-state index in [-0.39, 0.29) is 0 Å². The molecule has 0 unspecified atom stereocenters. The summed E-state index contributed by atoms with van der Waals surface area (Å²) in [5.41, 5.74) is 0. The smallest absolute Gasteiger partial charge is 0.407 e. The van der Waals surface area contributed by atoms with E-state index < -0.39 is 24.0 Å². The molecule has 2 N–H and O–H groups in total. The van der Waals surface area contributed by atoms with Crippen molar-refractivity contribution in [2.45, 2.75) is 19.4 Å². The van der Waals surface area contributed by atoms with E-state index in [4.69, 9.17) is 10.2 Å². The molecule has 1 aliphatic rings. The topological polar surface area (TPSA) is 77.8 Å². The molecular formula is C7H11NO4. The molecule has 0 aromatic rings. The highest BCUT2D eigenvalue weighted by molar-refractivity contribution is 5.74. The standard InChI is InChI=1S/C7H11NO4/c1-4-5(6(9)10)2-3-8(4)7(11)12/h4-5H,2-3H2,1H3,(H,9,10)(H,11,12)/t4-,5+/m1/s1. The number of carboxylic acids is 1. The van der Waals surface area contributed by atoms with Crippen LogP contribution in [0.3, 0.4) is 0 Å². The fraction of sp³-hybridized carbons (Fsp3) is 0.714. The Hall–Kier alpha value is -1.26. The Morgan fingerprint density at radius 1 is 1.42 bits per heavy atom. The quantitative estimate of drug-likeness (QED) is 0.603. The van der Waals surface area contributed by atoms with Gasteiger partial charge in [-0.15, -0.1) is 0 Å². The first-order chi connectivity index (χ1) is 5.54. The third kappa shape index (κ3) is 1.34. The normalized spacial score (nSPS) is 28.9. The molecule has 0 spiro atoms. The number of hydrogen-bond donors (Lipinski definition) is 2. The molecule has 12 heavy (non-hydrogen) atoms. The second-order valence-corrected chi connectivity index (χ2v) is 2.95. The zero-order chi connectivity index (χ0) is 9.30. The molecule has 1 amide bonds. The molecule has 0 saturated carbocycles. The van der Waals surface area contributed by atoms with Crippen molar-refractivity contribution in [2.75, 3.05) is 6.54 Å². The monoisotopic (exact) mass is 173 g/mol. The predicted molar refractivity (Wildman–Crippen MR) is 39.9 cm³/mol. The van der Waals surface area contributed by atoms with Gasteiger partial charge in [-0.25, -0.2) is 4.79 Å². The van der Waals surface area contributed by atoms with E-state index in [0.29, 0.717) is 13.0 Å². The minimum Gasteiger partial charge on any atom is -0.481 e. The first-order valence-corrected chi connectivity index (χ1v) is 3.76. The second-order valence-electron chi connectivity index (χ2n) is 2.95. The number of carboxylic acid groups (broad SMARTS) is 2. The number of rotatable bonds is 1. The van der Waals surface area contributed by atoms with Gasteiger partial charge in [-0.05, 0) is 13.3 Å². The Bertz CT molecular complexity index is 193. The fourth-order valence-corrected chi connectivity index (χ4v) is 1.54. The summed E-state index contributed by atoms with van der Waals surface area (Å²) in [6.45, 7) is 1.95. The summed E-state index contributed by atoms with van der Waals surface area (Å²) < 4.78 is 0. The van der Waals surface area contributed by atoms with Crippen molar-refractivity contribution >= 4 is 12.1 Å². The molecule has 0 radical (unpaired) electrons. The van der Waals surface area contributed by atoms with Gasteiger partial charge in [0.05, 0.1) is 5.92 Å². The van der Waals surface area contributed by atoms with Gasteiger partial charge in [0.1, 0.15) is 0 Å². The summed E-state index contributed by atoms with van der Waals surface area (Å²) in [5, 5.41) is 17.3. The van der Waals surface area contributed by atoms with Crippen molar-refractivity contribution in [3.05, 3.63) is 0 Å². The van der Waals surface area contributed by atoms with Crippen LogP contribution in [0.2, 0.25) is 0 Å². The summed E-state index contributed by atoms with van der Waals surface area (Å²) in [5.74, 6) is -1.45. The van der Waals surface area contributed by atoms with Crippen LogP contribution in [-0.2, 0) is 4.79 Å². The van der Waals surface area contributed by atoms with Gasteiger partial charge >= 0.3 is 12.1 Å². The van der Waals surface area contributed by atoms with Crippen molar-refractivity contribution in [3.8, 4) is 0 Å². The van der Waals surface area contributed by atoms with E-state index in [0.717, 1.165) is 0 Å². The van der Waals surface area contributed by atoms with Gasteiger partial charge in [-0.3, -0.25) is 4.79 Å². The van der Waals surface area contributed by atoms with Crippen LogP contribution in [-0.4, -0.2) is 39.8 Å². The molecule has 1 heterocycles. The first kappa shape index (κ1) is 8.83. The van der Waals surface area contributed by atoms with Gasteiger partial charge in [0.15, 0.2) is 0 Å². The minimum atomic E-state index is -1.04. The lowest BCUT2D eigenvalue weighted by molar-refractivity contribution is -0.142. The highest BCUT2D eigenvalue weighted by Gasteiger charge is 2.37. The molecule has 0 bridgehead atoms. The molecule has 5 nitrogen and oxygen atoms in total. The zero-order valence-electron chi connectivity index (χ0n) is 6.73. The van der Waals surface area contributed by atoms with Crippen LogP contribution >= 0.6 is 0 Å². The molecule has 68 valence electrons. The number of nitrogens with zero attached hydrogens (tertiary/aromatic N) is 1. The lowest BCUT2D eigenvalue weighted by atomic mass is 10.0. The Balaban J connectivity index is 2.67. The molecule has 0 aromatic carbocycles. The van der Waals surface area contributed by atoms with Gasteiger partial charge < -0.3 is 15.1 Å². The number of amides is 1. The van der Waals surface area contributed by atoms with E-state index in [1.807, 2.05) is 0 Å². The molecule has 0 aromatic heterocycles. The van der Waals surface area contributed by atoms with Crippen LogP contribution in [0.25, 0.3) is 0 Å². The largest absolute Gasteiger partial charge is 0.481 e.